The Hall–Kier alpha value is 0.160. The lowest BCUT2D eigenvalue weighted by Gasteiger charge is -2.28. The van der Waals surface area contributed by atoms with Gasteiger partial charge in [0.25, 0.3) is 0 Å². The molecule has 0 fully saturated rings. The highest BCUT2D eigenvalue weighted by molar-refractivity contribution is 7.89. The lowest BCUT2D eigenvalue weighted by atomic mass is 9.97. The van der Waals surface area contributed by atoms with Gasteiger partial charge in [0.15, 0.2) is 0 Å². The molecule has 0 aromatic carbocycles. The molecule has 0 aliphatic heterocycles. The molecule has 0 spiro atoms. The number of aliphatic hydroxyl groups excluding tert-OH is 1. The highest BCUT2D eigenvalue weighted by atomic mass is 35.5. The average molecular weight is 244 g/mol. The molecule has 0 aromatic heterocycles. The van der Waals surface area contributed by atoms with Crippen LogP contribution in [-0.4, -0.2) is 37.3 Å². The van der Waals surface area contributed by atoms with Crippen molar-refractivity contribution in [3.05, 3.63) is 0 Å². The zero-order valence-corrected chi connectivity index (χ0v) is 10.2. The predicted octanol–water partition coefficient (Wildman–Crippen LogP) is 0.696. The van der Waals surface area contributed by atoms with E-state index in [-0.39, 0.29) is 18.2 Å². The largest absolute Gasteiger partial charge is 0.396 e. The third kappa shape index (κ3) is 5.14. The molecule has 2 N–H and O–H groups in total. The number of hydrogen-bond acceptors (Lipinski definition) is 3. The SMILES string of the molecule is CCC(C)(CCO)NS(=O)(=O)CCCl. The fourth-order valence-corrected chi connectivity index (χ4v) is 2.99. The van der Waals surface area contributed by atoms with E-state index in [1.807, 2.05) is 6.92 Å². The van der Waals surface area contributed by atoms with E-state index in [9.17, 15) is 8.42 Å². The van der Waals surface area contributed by atoms with E-state index < -0.39 is 15.6 Å². The fraction of sp³-hybridized carbons (Fsp3) is 1.00. The summed E-state index contributed by atoms with van der Waals surface area (Å²) in [7, 11) is -3.32. The molecule has 0 aliphatic carbocycles. The van der Waals surface area contributed by atoms with Crippen LogP contribution >= 0.6 is 11.6 Å². The minimum Gasteiger partial charge on any atom is -0.396 e. The molecule has 0 bridgehead atoms. The van der Waals surface area contributed by atoms with Crippen molar-refractivity contribution in [2.24, 2.45) is 0 Å². The molecule has 1 atom stereocenters. The number of sulfonamides is 1. The van der Waals surface area contributed by atoms with Gasteiger partial charge in [0.2, 0.25) is 10.0 Å². The molecule has 0 aliphatic rings. The Morgan fingerprint density at radius 2 is 2.07 bits per heavy atom. The Kier molecular flexibility index (Phi) is 5.97. The Morgan fingerprint density at radius 1 is 1.50 bits per heavy atom. The lowest BCUT2D eigenvalue weighted by molar-refractivity contribution is 0.233. The molecule has 0 aromatic rings. The van der Waals surface area contributed by atoms with Crippen molar-refractivity contribution in [2.75, 3.05) is 18.2 Å². The summed E-state index contributed by atoms with van der Waals surface area (Å²) < 4.78 is 25.4. The van der Waals surface area contributed by atoms with Crippen molar-refractivity contribution >= 4 is 21.6 Å². The van der Waals surface area contributed by atoms with Gasteiger partial charge in [-0.15, -0.1) is 11.6 Å². The van der Waals surface area contributed by atoms with Crippen LogP contribution in [-0.2, 0) is 10.0 Å². The van der Waals surface area contributed by atoms with Crippen molar-refractivity contribution in [3.63, 3.8) is 0 Å². The monoisotopic (exact) mass is 243 g/mol. The van der Waals surface area contributed by atoms with E-state index in [1.54, 1.807) is 6.92 Å². The molecule has 14 heavy (non-hydrogen) atoms. The van der Waals surface area contributed by atoms with Crippen LogP contribution in [0.25, 0.3) is 0 Å². The average Bonchev–Trinajstić information content (AvgIpc) is 2.03. The number of alkyl halides is 1. The number of nitrogens with one attached hydrogen (secondary N) is 1. The van der Waals surface area contributed by atoms with Crippen LogP contribution in [0.2, 0.25) is 0 Å². The first-order valence-corrected chi connectivity index (χ1v) is 6.76. The molecule has 6 heteroatoms. The Labute approximate surface area is 90.7 Å². The second kappa shape index (κ2) is 5.90. The zero-order valence-electron chi connectivity index (χ0n) is 8.59. The first-order valence-electron chi connectivity index (χ1n) is 4.57. The van der Waals surface area contributed by atoms with E-state index in [1.165, 1.54) is 0 Å². The standard InChI is InChI=1S/C8H18ClNO3S/c1-3-8(2,4-6-11)10-14(12,13)7-5-9/h10-11H,3-7H2,1-2H3. The number of hydrogen-bond donors (Lipinski definition) is 2. The van der Waals surface area contributed by atoms with Gasteiger partial charge in [-0.1, -0.05) is 6.92 Å². The van der Waals surface area contributed by atoms with Crippen LogP contribution in [0.15, 0.2) is 0 Å². The first kappa shape index (κ1) is 14.2. The van der Waals surface area contributed by atoms with Gasteiger partial charge in [-0.2, -0.15) is 0 Å². The summed E-state index contributed by atoms with van der Waals surface area (Å²) >= 11 is 5.37. The first-order chi connectivity index (χ1) is 6.39. The molecule has 4 nitrogen and oxygen atoms in total. The highest BCUT2D eigenvalue weighted by Gasteiger charge is 2.26. The Bertz CT molecular complexity index is 255. The van der Waals surface area contributed by atoms with Crippen molar-refractivity contribution in [1.29, 1.82) is 0 Å². The summed E-state index contributed by atoms with van der Waals surface area (Å²) in [6.45, 7) is 3.61. The second-order valence-corrected chi connectivity index (χ2v) is 5.72. The summed E-state index contributed by atoms with van der Waals surface area (Å²) in [6.07, 6.45) is 1.04. The van der Waals surface area contributed by atoms with Crippen molar-refractivity contribution in [2.45, 2.75) is 32.2 Å². The molecular weight excluding hydrogens is 226 g/mol. The Balaban J connectivity index is 4.44. The van der Waals surface area contributed by atoms with Crippen LogP contribution in [0.4, 0.5) is 0 Å². The van der Waals surface area contributed by atoms with Gasteiger partial charge in [0.1, 0.15) is 0 Å². The van der Waals surface area contributed by atoms with Crippen LogP contribution < -0.4 is 4.72 Å². The number of rotatable bonds is 7. The number of aliphatic hydroxyl groups is 1. The molecule has 0 heterocycles. The summed E-state index contributed by atoms with van der Waals surface area (Å²) in [5.74, 6) is -0.0101. The maximum absolute atomic E-state index is 11.4. The third-order valence-electron chi connectivity index (χ3n) is 2.19. The fourth-order valence-electron chi connectivity index (χ4n) is 1.07. The van der Waals surface area contributed by atoms with Gasteiger partial charge in [-0.3, -0.25) is 0 Å². The van der Waals surface area contributed by atoms with E-state index >= 15 is 0 Å². The third-order valence-corrected chi connectivity index (χ3v) is 4.15. The normalized spacial score (nSPS) is 16.6. The molecule has 0 radical (unpaired) electrons. The summed E-state index contributed by atoms with van der Waals surface area (Å²) in [6, 6.07) is 0. The van der Waals surface area contributed by atoms with Gasteiger partial charge in [0, 0.05) is 18.0 Å². The van der Waals surface area contributed by atoms with E-state index in [0.29, 0.717) is 12.8 Å². The molecular formula is C8H18ClNO3S. The van der Waals surface area contributed by atoms with Gasteiger partial charge >= 0.3 is 0 Å². The van der Waals surface area contributed by atoms with Crippen LogP contribution in [0, 0.1) is 0 Å². The van der Waals surface area contributed by atoms with Gasteiger partial charge < -0.3 is 5.11 Å². The molecule has 1 unspecified atom stereocenters. The second-order valence-electron chi connectivity index (χ2n) is 3.50. The van der Waals surface area contributed by atoms with Gasteiger partial charge in [-0.05, 0) is 19.8 Å². The minimum absolute atomic E-state index is 0.0340. The van der Waals surface area contributed by atoms with Crippen molar-refractivity contribution in [1.82, 2.24) is 4.72 Å². The maximum atomic E-state index is 11.4. The zero-order chi connectivity index (χ0) is 11.2. The van der Waals surface area contributed by atoms with E-state index in [4.69, 9.17) is 16.7 Å². The quantitative estimate of drug-likeness (QED) is 0.647. The summed E-state index contributed by atoms with van der Waals surface area (Å²) in [4.78, 5) is 0. The van der Waals surface area contributed by atoms with Gasteiger partial charge in [0.05, 0.1) is 5.75 Å². The predicted molar refractivity (Wildman–Crippen MR) is 58.0 cm³/mol. The summed E-state index contributed by atoms with van der Waals surface area (Å²) in [5, 5.41) is 8.80. The molecule has 0 rings (SSSR count). The highest BCUT2D eigenvalue weighted by Crippen LogP contribution is 2.15. The minimum atomic E-state index is -3.32. The molecule has 0 amide bonds. The lowest BCUT2D eigenvalue weighted by Crippen LogP contribution is -2.47. The van der Waals surface area contributed by atoms with E-state index in [2.05, 4.69) is 4.72 Å². The van der Waals surface area contributed by atoms with Crippen LogP contribution in [0.5, 0.6) is 0 Å². The maximum Gasteiger partial charge on any atom is 0.213 e. The summed E-state index contributed by atoms with van der Waals surface area (Å²) in [5.41, 5.74) is -0.570. The Morgan fingerprint density at radius 3 is 2.43 bits per heavy atom. The van der Waals surface area contributed by atoms with Crippen LogP contribution in [0.3, 0.4) is 0 Å². The molecule has 0 saturated heterocycles. The number of halogens is 1. The molecule has 86 valence electrons. The smallest absolute Gasteiger partial charge is 0.213 e. The van der Waals surface area contributed by atoms with E-state index in [0.717, 1.165) is 0 Å². The van der Waals surface area contributed by atoms with Crippen molar-refractivity contribution < 1.29 is 13.5 Å². The molecule has 0 saturated carbocycles. The topological polar surface area (TPSA) is 66.4 Å². The van der Waals surface area contributed by atoms with Crippen LogP contribution in [0.1, 0.15) is 26.7 Å². The van der Waals surface area contributed by atoms with Gasteiger partial charge in [-0.25, -0.2) is 13.1 Å². The van der Waals surface area contributed by atoms with Crippen molar-refractivity contribution in [3.8, 4) is 0 Å².